The largest absolute Gasteiger partial charge is 0.337 e. The zero-order chi connectivity index (χ0) is 7.49. The summed E-state index contributed by atoms with van der Waals surface area (Å²) in [5, 5.41) is 0. The van der Waals surface area contributed by atoms with E-state index in [1.165, 1.54) is 0 Å². The second kappa shape index (κ2) is 3.36. The third kappa shape index (κ3) is 3.00. The summed E-state index contributed by atoms with van der Waals surface area (Å²) < 4.78 is 29.4. The molecular formula is C3H8ClNO3S. The maximum Gasteiger partial charge on any atom is 0.337 e. The third-order valence-corrected chi connectivity index (χ3v) is 2.28. The second-order valence-corrected chi connectivity index (χ2v) is 3.02. The lowest BCUT2D eigenvalue weighted by Gasteiger charge is -2.10. The maximum atomic E-state index is 10.2. The van der Waals surface area contributed by atoms with E-state index in [1.54, 1.807) is 6.92 Å². The van der Waals surface area contributed by atoms with E-state index in [9.17, 15) is 8.42 Å². The molecule has 0 atom stereocenters. The fourth-order valence-corrected chi connectivity index (χ4v) is 1.30. The summed E-state index contributed by atoms with van der Waals surface area (Å²) in [6.45, 7) is 1.76. The van der Waals surface area contributed by atoms with Crippen LogP contribution in [0.1, 0.15) is 6.92 Å². The molecule has 0 aliphatic rings. The maximum absolute atomic E-state index is 10.2. The normalized spacial score (nSPS) is 12.4. The highest BCUT2D eigenvalue weighted by Crippen LogP contribution is 1.96. The molecule has 0 radical (unpaired) electrons. The average molecular weight is 174 g/mol. The highest BCUT2D eigenvalue weighted by molar-refractivity contribution is 7.83. The van der Waals surface area contributed by atoms with Gasteiger partial charge in [-0.1, -0.05) is 6.92 Å². The lowest BCUT2D eigenvalue weighted by atomic mass is 10.8. The van der Waals surface area contributed by atoms with Gasteiger partial charge in [-0.05, 0) is 0 Å². The summed E-state index contributed by atoms with van der Waals surface area (Å²) in [5.74, 6) is 0. The molecule has 0 rings (SSSR count). The molecule has 0 aliphatic heterocycles. The Kier molecular flexibility index (Phi) is 3.42. The number of hydrogen-bond donors (Lipinski definition) is 1. The van der Waals surface area contributed by atoms with Gasteiger partial charge in [0, 0.05) is 6.54 Å². The Morgan fingerprint density at radius 2 is 2.11 bits per heavy atom. The van der Waals surface area contributed by atoms with Gasteiger partial charge in [0.15, 0.2) is 0 Å². The topological polar surface area (TPSA) is 57.6 Å². The molecule has 0 saturated carbocycles. The second-order valence-electron chi connectivity index (χ2n) is 1.37. The smallest absolute Gasteiger partial charge is 0.273 e. The average Bonchev–Trinajstić information content (AvgIpc) is 1.65. The van der Waals surface area contributed by atoms with Gasteiger partial charge in [0.25, 0.3) is 0 Å². The predicted molar refractivity (Wildman–Crippen MR) is 34.6 cm³/mol. The molecule has 56 valence electrons. The van der Waals surface area contributed by atoms with Gasteiger partial charge in [-0.15, -0.1) is 11.6 Å². The third-order valence-electron chi connectivity index (χ3n) is 0.812. The Labute approximate surface area is 59.3 Å². The Morgan fingerprint density at radius 3 is 2.11 bits per heavy atom. The van der Waals surface area contributed by atoms with Crippen molar-refractivity contribution in [1.82, 2.24) is 4.31 Å². The van der Waals surface area contributed by atoms with Crippen LogP contribution in [-0.4, -0.2) is 29.8 Å². The van der Waals surface area contributed by atoms with Gasteiger partial charge in [-0.3, -0.25) is 4.55 Å². The van der Waals surface area contributed by atoms with Crippen LogP contribution in [0.15, 0.2) is 0 Å². The van der Waals surface area contributed by atoms with Crippen LogP contribution in [0.25, 0.3) is 0 Å². The van der Waals surface area contributed by atoms with Gasteiger partial charge >= 0.3 is 10.3 Å². The quantitative estimate of drug-likeness (QED) is 0.380. The molecule has 0 amide bonds. The van der Waals surface area contributed by atoms with Crippen molar-refractivity contribution in [3.63, 3.8) is 0 Å². The first-order valence-corrected chi connectivity index (χ1v) is 4.24. The zero-order valence-corrected chi connectivity index (χ0v) is 6.48. The molecule has 0 aromatic rings. The van der Waals surface area contributed by atoms with Gasteiger partial charge in [-0.25, -0.2) is 0 Å². The van der Waals surface area contributed by atoms with E-state index in [1.807, 2.05) is 0 Å². The van der Waals surface area contributed by atoms with E-state index in [4.69, 9.17) is 16.2 Å². The van der Waals surface area contributed by atoms with Crippen molar-refractivity contribution in [1.29, 1.82) is 0 Å². The Bertz CT molecular complexity index is 162. The molecule has 0 aromatic heterocycles. The summed E-state index contributed by atoms with van der Waals surface area (Å²) in [7, 11) is -4.06. The molecular weight excluding hydrogens is 166 g/mol. The molecule has 6 heteroatoms. The number of hydrogen-bond acceptors (Lipinski definition) is 2. The Balaban J connectivity index is 4.14. The van der Waals surface area contributed by atoms with Crippen molar-refractivity contribution in [3.05, 3.63) is 0 Å². The minimum atomic E-state index is -4.06. The molecule has 0 saturated heterocycles. The summed E-state index contributed by atoms with van der Waals surface area (Å²) >= 11 is 5.14. The van der Waals surface area contributed by atoms with E-state index in [0.717, 1.165) is 4.31 Å². The van der Waals surface area contributed by atoms with Crippen LogP contribution < -0.4 is 0 Å². The van der Waals surface area contributed by atoms with Crippen LogP contribution in [0.3, 0.4) is 0 Å². The number of halogens is 1. The highest BCUT2D eigenvalue weighted by atomic mass is 35.5. The lowest BCUT2D eigenvalue weighted by molar-refractivity contribution is 0.388. The van der Waals surface area contributed by atoms with E-state index < -0.39 is 10.3 Å². The first kappa shape index (κ1) is 9.16. The van der Waals surface area contributed by atoms with Gasteiger partial charge in [0.05, 0.1) is 6.00 Å². The SMILES string of the molecule is CCN(CCl)S(=O)(=O)O. The minimum absolute atomic E-state index is 0.183. The molecule has 9 heavy (non-hydrogen) atoms. The molecule has 0 aromatic carbocycles. The Morgan fingerprint density at radius 1 is 1.67 bits per heavy atom. The fourth-order valence-electron chi connectivity index (χ4n) is 0.309. The van der Waals surface area contributed by atoms with Gasteiger partial charge in [0.1, 0.15) is 0 Å². The zero-order valence-electron chi connectivity index (χ0n) is 4.91. The van der Waals surface area contributed by atoms with Crippen LogP contribution in [0.4, 0.5) is 0 Å². The molecule has 0 unspecified atom stereocenters. The van der Waals surface area contributed by atoms with E-state index in [2.05, 4.69) is 0 Å². The monoisotopic (exact) mass is 173 g/mol. The molecule has 0 aliphatic carbocycles. The fraction of sp³-hybridized carbons (Fsp3) is 1.00. The van der Waals surface area contributed by atoms with E-state index in [-0.39, 0.29) is 12.5 Å². The standard InChI is InChI=1S/C3H8ClNO3S/c1-2-5(3-4)9(6,7)8/h2-3H2,1H3,(H,6,7,8). The van der Waals surface area contributed by atoms with Crippen LogP contribution in [0.5, 0.6) is 0 Å². The molecule has 1 N–H and O–H groups in total. The number of alkyl halides is 1. The van der Waals surface area contributed by atoms with Gasteiger partial charge in [-0.2, -0.15) is 12.7 Å². The predicted octanol–water partition coefficient (Wildman–Crippen LogP) is 0.307. The highest BCUT2D eigenvalue weighted by Gasteiger charge is 2.13. The summed E-state index contributed by atoms with van der Waals surface area (Å²) in [5.41, 5.74) is 0. The van der Waals surface area contributed by atoms with E-state index >= 15 is 0 Å². The van der Waals surface area contributed by atoms with Crippen molar-refractivity contribution in [2.75, 3.05) is 12.5 Å². The Hall–Kier alpha value is 0.160. The van der Waals surface area contributed by atoms with Crippen molar-refractivity contribution < 1.29 is 13.0 Å². The van der Waals surface area contributed by atoms with Crippen molar-refractivity contribution >= 4 is 21.9 Å². The number of rotatable bonds is 3. The molecule has 0 heterocycles. The molecule has 0 bridgehead atoms. The molecule has 0 spiro atoms. The first-order chi connectivity index (χ1) is 4.02. The first-order valence-electron chi connectivity index (χ1n) is 2.31. The molecule has 4 nitrogen and oxygen atoms in total. The van der Waals surface area contributed by atoms with Gasteiger partial charge in [0.2, 0.25) is 0 Å². The van der Waals surface area contributed by atoms with Gasteiger partial charge < -0.3 is 0 Å². The number of nitrogens with zero attached hydrogens (tertiary/aromatic N) is 1. The minimum Gasteiger partial charge on any atom is -0.273 e. The summed E-state index contributed by atoms with van der Waals surface area (Å²) in [6.07, 6.45) is 0. The lowest BCUT2D eigenvalue weighted by Crippen LogP contribution is -2.28. The van der Waals surface area contributed by atoms with Crippen LogP contribution in [0.2, 0.25) is 0 Å². The van der Waals surface area contributed by atoms with Crippen LogP contribution in [0, 0.1) is 0 Å². The van der Waals surface area contributed by atoms with Crippen LogP contribution >= 0.6 is 11.6 Å². The van der Waals surface area contributed by atoms with Crippen LogP contribution in [-0.2, 0) is 10.3 Å². The molecule has 0 fully saturated rings. The van der Waals surface area contributed by atoms with Crippen molar-refractivity contribution in [2.24, 2.45) is 0 Å². The summed E-state index contributed by atoms with van der Waals surface area (Å²) in [6, 6.07) is -0.213. The summed E-state index contributed by atoms with van der Waals surface area (Å²) in [4.78, 5) is 0. The van der Waals surface area contributed by atoms with Crippen molar-refractivity contribution in [2.45, 2.75) is 6.92 Å². The van der Waals surface area contributed by atoms with E-state index in [0.29, 0.717) is 0 Å². The van der Waals surface area contributed by atoms with Crippen molar-refractivity contribution in [3.8, 4) is 0 Å².